The number of nitrogens with one attached hydrogen (secondary N) is 1. The predicted octanol–water partition coefficient (Wildman–Crippen LogP) is 3.48. The van der Waals surface area contributed by atoms with E-state index in [-0.39, 0.29) is 0 Å². The molecule has 3 rings (SSSR count). The highest BCUT2D eigenvalue weighted by Crippen LogP contribution is 2.40. The van der Waals surface area contributed by atoms with Crippen LogP contribution in [0, 0.1) is 5.92 Å². The van der Waals surface area contributed by atoms with Crippen LogP contribution in [0.2, 0.25) is 0 Å². The largest absolute Gasteiger partial charge is 0.490 e. The molecule has 1 aromatic rings. The molecule has 1 N–H and O–H groups in total. The molecule has 116 valence electrons. The number of fused-ring (bicyclic) bond motifs is 1. The standard InChI is InChI=1S/C17H25NO3/c1-3-12-6-4-5-7-14(12)21-15-9-17-16(19-11-20-17)8-13(15)10-18-2/h8-9,12,14,18H,3-7,10-11H2,1-2H3. The van der Waals surface area contributed by atoms with E-state index in [4.69, 9.17) is 14.2 Å². The van der Waals surface area contributed by atoms with Crippen LogP contribution in [0.5, 0.6) is 17.2 Å². The molecule has 0 aromatic heterocycles. The topological polar surface area (TPSA) is 39.7 Å². The maximum absolute atomic E-state index is 6.39. The zero-order valence-corrected chi connectivity index (χ0v) is 13.0. The van der Waals surface area contributed by atoms with E-state index >= 15 is 0 Å². The Hall–Kier alpha value is -1.42. The van der Waals surface area contributed by atoms with Crippen LogP contribution >= 0.6 is 0 Å². The summed E-state index contributed by atoms with van der Waals surface area (Å²) in [6.45, 7) is 3.34. The Kier molecular flexibility index (Phi) is 4.54. The minimum atomic E-state index is 0.304. The quantitative estimate of drug-likeness (QED) is 0.901. The van der Waals surface area contributed by atoms with Crippen LogP contribution in [-0.4, -0.2) is 19.9 Å². The van der Waals surface area contributed by atoms with E-state index in [1.54, 1.807) is 0 Å². The summed E-state index contributed by atoms with van der Waals surface area (Å²) in [6, 6.07) is 4.04. The third-order valence-corrected chi connectivity index (χ3v) is 4.56. The van der Waals surface area contributed by atoms with Crippen molar-refractivity contribution in [1.82, 2.24) is 5.32 Å². The van der Waals surface area contributed by atoms with E-state index in [1.165, 1.54) is 25.7 Å². The summed E-state index contributed by atoms with van der Waals surface area (Å²) in [5, 5.41) is 3.20. The highest BCUT2D eigenvalue weighted by Gasteiger charge is 2.27. The summed E-state index contributed by atoms with van der Waals surface area (Å²) in [5.41, 5.74) is 1.14. The first kappa shape index (κ1) is 14.5. The molecule has 0 amide bonds. The Morgan fingerprint density at radius 1 is 1.19 bits per heavy atom. The molecule has 1 heterocycles. The summed E-state index contributed by atoms with van der Waals surface area (Å²) in [7, 11) is 1.95. The molecular formula is C17H25NO3. The van der Waals surface area contributed by atoms with Gasteiger partial charge in [-0.15, -0.1) is 0 Å². The van der Waals surface area contributed by atoms with Gasteiger partial charge >= 0.3 is 0 Å². The van der Waals surface area contributed by atoms with Crippen LogP contribution in [0.3, 0.4) is 0 Å². The van der Waals surface area contributed by atoms with E-state index in [0.717, 1.165) is 35.8 Å². The molecule has 2 atom stereocenters. The smallest absolute Gasteiger partial charge is 0.231 e. The van der Waals surface area contributed by atoms with Crippen LogP contribution in [0.1, 0.15) is 44.6 Å². The van der Waals surface area contributed by atoms with Crippen molar-refractivity contribution in [1.29, 1.82) is 0 Å². The average Bonchev–Trinajstić information content (AvgIpc) is 2.95. The monoisotopic (exact) mass is 291 g/mol. The van der Waals surface area contributed by atoms with Crippen molar-refractivity contribution >= 4 is 0 Å². The van der Waals surface area contributed by atoms with Crippen LogP contribution in [0.25, 0.3) is 0 Å². The third kappa shape index (κ3) is 3.10. The Morgan fingerprint density at radius 3 is 2.71 bits per heavy atom. The van der Waals surface area contributed by atoms with Gasteiger partial charge in [-0.25, -0.2) is 0 Å². The zero-order chi connectivity index (χ0) is 14.7. The van der Waals surface area contributed by atoms with Gasteiger partial charge in [0.2, 0.25) is 6.79 Å². The Balaban J connectivity index is 1.82. The van der Waals surface area contributed by atoms with Crippen LogP contribution in [0.4, 0.5) is 0 Å². The zero-order valence-electron chi connectivity index (χ0n) is 13.0. The lowest BCUT2D eigenvalue weighted by Gasteiger charge is -2.32. The molecule has 4 heteroatoms. The summed E-state index contributed by atoms with van der Waals surface area (Å²) >= 11 is 0. The maximum atomic E-state index is 6.39. The fraction of sp³-hybridized carbons (Fsp3) is 0.647. The van der Waals surface area contributed by atoms with E-state index in [9.17, 15) is 0 Å². The molecule has 2 aliphatic rings. The fourth-order valence-electron chi connectivity index (χ4n) is 3.36. The Bertz CT molecular complexity index is 489. The van der Waals surface area contributed by atoms with Gasteiger partial charge in [-0.2, -0.15) is 0 Å². The number of hydrogen-bond donors (Lipinski definition) is 1. The maximum Gasteiger partial charge on any atom is 0.231 e. The van der Waals surface area contributed by atoms with Crippen molar-refractivity contribution in [3.63, 3.8) is 0 Å². The molecule has 0 spiro atoms. The number of hydrogen-bond acceptors (Lipinski definition) is 4. The van der Waals surface area contributed by atoms with Gasteiger partial charge in [0.1, 0.15) is 11.9 Å². The van der Waals surface area contributed by atoms with Crippen molar-refractivity contribution in [2.75, 3.05) is 13.8 Å². The minimum absolute atomic E-state index is 0.304. The van der Waals surface area contributed by atoms with Gasteiger partial charge < -0.3 is 19.5 Å². The fourth-order valence-corrected chi connectivity index (χ4v) is 3.36. The molecule has 1 fully saturated rings. The van der Waals surface area contributed by atoms with E-state index in [1.807, 2.05) is 19.2 Å². The number of benzene rings is 1. The third-order valence-electron chi connectivity index (χ3n) is 4.56. The summed E-state index contributed by atoms with van der Waals surface area (Å²) in [6.07, 6.45) is 6.57. The first-order valence-corrected chi connectivity index (χ1v) is 8.05. The van der Waals surface area contributed by atoms with Crippen LogP contribution in [-0.2, 0) is 6.54 Å². The second-order valence-corrected chi connectivity index (χ2v) is 5.95. The van der Waals surface area contributed by atoms with Gasteiger partial charge in [-0.3, -0.25) is 0 Å². The van der Waals surface area contributed by atoms with Crippen LogP contribution < -0.4 is 19.5 Å². The molecule has 21 heavy (non-hydrogen) atoms. The van der Waals surface area contributed by atoms with Crippen molar-refractivity contribution in [2.45, 2.75) is 51.7 Å². The van der Waals surface area contributed by atoms with Crippen molar-refractivity contribution in [3.05, 3.63) is 17.7 Å². The SMILES string of the molecule is CCC1CCCCC1Oc1cc2c(cc1CNC)OCO2. The molecule has 2 unspecified atom stereocenters. The normalized spacial score (nSPS) is 24.1. The molecule has 1 aliphatic heterocycles. The first-order valence-electron chi connectivity index (χ1n) is 8.05. The molecule has 4 nitrogen and oxygen atoms in total. The average molecular weight is 291 g/mol. The second kappa shape index (κ2) is 6.56. The molecule has 0 radical (unpaired) electrons. The first-order chi connectivity index (χ1) is 10.3. The minimum Gasteiger partial charge on any atom is -0.490 e. The van der Waals surface area contributed by atoms with Gasteiger partial charge in [0.25, 0.3) is 0 Å². The Labute approximate surface area is 126 Å². The molecule has 1 aliphatic carbocycles. The predicted molar refractivity (Wildman–Crippen MR) is 82.0 cm³/mol. The van der Waals surface area contributed by atoms with Gasteiger partial charge in [-0.05, 0) is 44.7 Å². The lowest BCUT2D eigenvalue weighted by Crippen LogP contribution is -2.30. The highest BCUT2D eigenvalue weighted by atomic mass is 16.7. The number of rotatable bonds is 5. The molecule has 0 saturated heterocycles. The van der Waals surface area contributed by atoms with Gasteiger partial charge in [0, 0.05) is 18.2 Å². The number of ether oxygens (including phenoxy) is 3. The van der Waals surface area contributed by atoms with Gasteiger partial charge in [-0.1, -0.05) is 13.3 Å². The second-order valence-electron chi connectivity index (χ2n) is 5.95. The van der Waals surface area contributed by atoms with Crippen molar-refractivity contribution < 1.29 is 14.2 Å². The van der Waals surface area contributed by atoms with Crippen LogP contribution in [0.15, 0.2) is 12.1 Å². The molecular weight excluding hydrogens is 266 g/mol. The summed E-state index contributed by atoms with van der Waals surface area (Å²) in [5.74, 6) is 3.24. The van der Waals surface area contributed by atoms with E-state index in [2.05, 4.69) is 12.2 Å². The van der Waals surface area contributed by atoms with Crippen molar-refractivity contribution in [2.24, 2.45) is 5.92 Å². The molecule has 1 saturated carbocycles. The van der Waals surface area contributed by atoms with Crippen molar-refractivity contribution in [3.8, 4) is 17.2 Å². The lowest BCUT2D eigenvalue weighted by atomic mass is 9.84. The summed E-state index contributed by atoms with van der Waals surface area (Å²) < 4.78 is 17.4. The Morgan fingerprint density at radius 2 is 1.95 bits per heavy atom. The van der Waals surface area contributed by atoms with E-state index in [0.29, 0.717) is 18.8 Å². The lowest BCUT2D eigenvalue weighted by molar-refractivity contribution is 0.0891. The van der Waals surface area contributed by atoms with Gasteiger partial charge in [0.05, 0.1) is 0 Å². The van der Waals surface area contributed by atoms with Gasteiger partial charge in [0.15, 0.2) is 11.5 Å². The summed E-state index contributed by atoms with van der Waals surface area (Å²) in [4.78, 5) is 0. The molecule has 1 aromatic carbocycles. The van der Waals surface area contributed by atoms with E-state index < -0.39 is 0 Å². The highest BCUT2D eigenvalue weighted by molar-refractivity contribution is 5.52. The molecule has 0 bridgehead atoms.